The van der Waals surface area contributed by atoms with Gasteiger partial charge in [-0.2, -0.15) is 5.10 Å². The van der Waals surface area contributed by atoms with Gasteiger partial charge in [-0.25, -0.2) is 4.79 Å². The third kappa shape index (κ3) is 3.95. The minimum Gasteiger partial charge on any atom is -0.334 e. The van der Waals surface area contributed by atoms with Crippen LogP contribution in [0, 0.1) is 0 Å². The summed E-state index contributed by atoms with van der Waals surface area (Å²) in [5.74, 6) is -0.0635. The van der Waals surface area contributed by atoms with E-state index in [-0.39, 0.29) is 11.9 Å². The predicted octanol–water partition coefficient (Wildman–Crippen LogP) is 3.52. The molecule has 1 aromatic heterocycles. The van der Waals surface area contributed by atoms with Crippen LogP contribution < -0.4 is 5.32 Å². The molecule has 2 aliphatic rings. The molecule has 4 rings (SSSR count). The summed E-state index contributed by atoms with van der Waals surface area (Å²) in [7, 11) is 0. The number of rotatable bonds is 2. The molecule has 1 N–H and O–H groups in total. The maximum absolute atomic E-state index is 12.8. The van der Waals surface area contributed by atoms with Gasteiger partial charge < -0.3 is 15.1 Å². The minimum atomic E-state index is -0.219. The molecular formula is C19H21Cl2N5O2. The highest BCUT2D eigenvalue weighted by molar-refractivity contribution is 6.42. The van der Waals surface area contributed by atoms with Gasteiger partial charge in [-0.3, -0.25) is 9.48 Å². The van der Waals surface area contributed by atoms with E-state index in [0.717, 1.165) is 31.5 Å². The third-order valence-electron chi connectivity index (χ3n) is 5.16. The molecule has 0 saturated carbocycles. The van der Waals surface area contributed by atoms with Crippen LogP contribution >= 0.6 is 23.2 Å². The fourth-order valence-electron chi connectivity index (χ4n) is 3.57. The number of aromatic nitrogens is 2. The number of carbonyl (C=O) groups excluding carboxylic acids is 2. The number of carbonyl (C=O) groups is 2. The Morgan fingerprint density at radius 3 is 2.39 bits per heavy atom. The lowest BCUT2D eigenvalue weighted by molar-refractivity contribution is 0.0665. The molecule has 1 saturated heterocycles. The van der Waals surface area contributed by atoms with Crippen molar-refractivity contribution in [2.24, 2.45) is 0 Å². The molecule has 0 spiro atoms. The lowest BCUT2D eigenvalue weighted by Gasteiger charge is -2.34. The Labute approximate surface area is 173 Å². The molecular weight excluding hydrogens is 401 g/mol. The number of nitrogens with one attached hydrogen (secondary N) is 1. The molecule has 2 aromatic rings. The number of halogens is 2. The molecule has 0 atom stereocenters. The van der Waals surface area contributed by atoms with E-state index < -0.39 is 0 Å². The number of urea groups is 1. The van der Waals surface area contributed by atoms with Crippen LogP contribution in [-0.2, 0) is 13.0 Å². The van der Waals surface area contributed by atoms with Crippen molar-refractivity contribution in [1.29, 1.82) is 0 Å². The van der Waals surface area contributed by atoms with Crippen molar-refractivity contribution in [3.8, 4) is 0 Å². The number of aryl methyl sites for hydroxylation is 2. The summed E-state index contributed by atoms with van der Waals surface area (Å²) in [5.41, 5.74) is 2.22. The fraction of sp³-hybridized carbons (Fsp3) is 0.421. The summed E-state index contributed by atoms with van der Waals surface area (Å²) < 4.78 is 1.94. The van der Waals surface area contributed by atoms with Gasteiger partial charge >= 0.3 is 6.03 Å². The second-order valence-electron chi connectivity index (χ2n) is 7.04. The summed E-state index contributed by atoms with van der Waals surface area (Å²) in [6.07, 6.45) is 3.23. The second kappa shape index (κ2) is 8.01. The molecule has 0 radical (unpaired) electrons. The third-order valence-corrected chi connectivity index (χ3v) is 5.90. The van der Waals surface area contributed by atoms with Gasteiger partial charge in [0.1, 0.15) is 0 Å². The molecule has 0 unspecified atom stereocenters. The zero-order valence-corrected chi connectivity index (χ0v) is 16.8. The molecule has 1 aromatic carbocycles. The van der Waals surface area contributed by atoms with Gasteiger partial charge in [0.2, 0.25) is 0 Å². The number of hydrogen-bond acceptors (Lipinski definition) is 3. The van der Waals surface area contributed by atoms with Crippen LogP contribution in [-0.4, -0.2) is 57.7 Å². The fourth-order valence-corrected chi connectivity index (χ4v) is 3.87. The van der Waals surface area contributed by atoms with Gasteiger partial charge in [-0.1, -0.05) is 23.2 Å². The van der Waals surface area contributed by atoms with E-state index in [0.29, 0.717) is 47.6 Å². The Morgan fingerprint density at radius 1 is 0.929 bits per heavy atom. The average molecular weight is 422 g/mol. The van der Waals surface area contributed by atoms with Gasteiger partial charge in [0, 0.05) is 44.1 Å². The molecule has 3 heterocycles. The number of nitrogens with zero attached hydrogens (tertiary/aromatic N) is 4. The molecule has 0 bridgehead atoms. The van der Waals surface area contributed by atoms with Crippen LogP contribution in [0.1, 0.15) is 29.0 Å². The summed E-state index contributed by atoms with van der Waals surface area (Å²) in [5, 5.41) is 8.10. The highest BCUT2D eigenvalue weighted by Crippen LogP contribution is 2.25. The van der Waals surface area contributed by atoms with Gasteiger partial charge in [0.15, 0.2) is 5.69 Å². The van der Waals surface area contributed by atoms with Crippen LogP contribution in [0.2, 0.25) is 10.0 Å². The Kier molecular flexibility index (Phi) is 5.46. The van der Waals surface area contributed by atoms with Crippen molar-refractivity contribution in [1.82, 2.24) is 19.6 Å². The van der Waals surface area contributed by atoms with E-state index >= 15 is 0 Å². The molecule has 2 aliphatic heterocycles. The maximum atomic E-state index is 12.8. The van der Waals surface area contributed by atoms with E-state index in [4.69, 9.17) is 23.2 Å². The largest absolute Gasteiger partial charge is 0.334 e. The van der Waals surface area contributed by atoms with Crippen LogP contribution in [0.3, 0.4) is 0 Å². The number of amides is 3. The first-order valence-electron chi connectivity index (χ1n) is 9.38. The van der Waals surface area contributed by atoms with Gasteiger partial charge in [0.25, 0.3) is 5.91 Å². The molecule has 1 fully saturated rings. The molecule has 3 amide bonds. The van der Waals surface area contributed by atoms with E-state index in [9.17, 15) is 9.59 Å². The first-order chi connectivity index (χ1) is 13.5. The van der Waals surface area contributed by atoms with E-state index in [2.05, 4.69) is 10.4 Å². The summed E-state index contributed by atoms with van der Waals surface area (Å²) in [6, 6.07) is 6.64. The zero-order chi connectivity index (χ0) is 19.7. The first kappa shape index (κ1) is 19.1. The highest BCUT2D eigenvalue weighted by atomic mass is 35.5. The van der Waals surface area contributed by atoms with Crippen LogP contribution in [0.5, 0.6) is 0 Å². The first-order valence-corrected chi connectivity index (χ1v) is 10.1. The zero-order valence-electron chi connectivity index (χ0n) is 15.3. The minimum absolute atomic E-state index is 0.0635. The number of fused-ring (bicyclic) bond motifs is 1. The van der Waals surface area contributed by atoms with E-state index in [1.165, 1.54) is 0 Å². The Balaban J connectivity index is 1.33. The maximum Gasteiger partial charge on any atom is 0.321 e. The quantitative estimate of drug-likeness (QED) is 0.805. The molecule has 148 valence electrons. The molecule has 7 nitrogen and oxygen atoms in total. The number of piperazine rings is 1. The lowest BCUT2D eigenvalue weighted by Crippen LogP contribution is -2.51. The monoisotopic (exact) mass is 421 g/mol. The van der Waals surface area contributed by atoms with Gasteiger partial charge in [-0.15, -0.1) is 0 Å². The second-order valence-corrected chi connectivity index (χ2v) is 7.85. The summed E-state index contributed by atoms with van der Waals surface area (Å²) in [6.45, 7) is 2.77. The van der Waals surface area contributed by atoms with Crippen molar-refractivity contribution in [3.05, 3.63) is 45.7 Å². The Morgan fingerprint density at radius 2 is 1.68 bits per heavy atom. The summed E-state index contributed by atoms with van der Waals surface area (Å²) in [4.78, 5) is 28.7. The predicted molar refractivity (Wildman–Crippen MR) is 108 cm³/mol. The average Bonchev–Trinajstić information content (AvgIpc) is 3.14. The number of benzene rings is 1. The number of anilines is 1. The highest BCUT2D eigenvalue weighted by Gasteiger charge is 2.27. The molecule has 9 heteroatoms. The normalized spacial score (nSPS) is 16.6. The van der Waals surface area contributed by atoms with Crippen LogP contribution in [0.4, 0.5) is 10.5 Å². The van der Waals surface area contributed by atoms with E-state index in [1.807, 2.05) is 10.7 Å². The van der Waals surface area contributed by atoms with Crippen molar-refractivity contribution < 1.29 is 9.59 Å². The van der Waals surface area contributed by atoms with Gasteiger partial charge in [0.05, 0.1) is 10.0 Å². The Bertz CT molecular complexity index is 882. The molecule has 28 heavy (non-hydrogen) atoms. The number of hydrogen-bond donors (Lipinski definition) is 1. The lowest BCUT2D eigenvalue weighted by atomic mass is 10.1. The Hall–Kier alpha value is -2.25. The van der Waals surface area contributed by atoms with Gasteiger partial charge in [-0.05, 0) is 43.5 Å². The van der Waals surface area contributed by atoms with Crippen molar-refractivity contribution in [3.63, 3.8) is 0 Å². The smallest absolute Gasteiger partial charge is 0.321 e. The SMILES string of the molecule is O=C(Nc1ccc(Cl)c(Cl)c1)N1CCN(C(=O)c2cc3n(n2)CCCC3)CC1. The standard InChI is InChI=1S/C19H21Cl2N5O2/c20-15-5-4-13(11-16(15)21)22-19(28)25-9-7-24(8-10-25)18(27)17-12-14-3-1-2-6-26(14)23-17/h4-5,11-12H,1-3,6-10H2,(H,22,28). The van der Waals surface area contributed by atoms with Crippen LogP contribution in [0.25, 0.3) is 0 Å². The van der Waals surface area contributed by atoms with Crippen molar-refractivity contribution >= 4 is 40.8 Å². The topological polar surface area (TPSA) is 70.5 Å². The molecule has 0 aliphatic carbocycles. The van der Waals surface area contributed by atoms with Crippen molar-refractivity contribution in [2.45, 2.75) is 25.8 Å². The summed E-state index contributed by atoms with van der Waals surface area (Å²) >= 11 is 11.9. The van der Waals surface area contributed by atoms with E-state index in [1.54, 1.807) is 28.0 Å². The van der Waals surface area contributed by atoms with Crippen molar-refractivity contribution in [2.75, 3.05) is 31.5 Å². The van der Waals surface area contributed by atoms with Crippen LogP contribution in [0.15, 0.2) is 24.3 Å².